The summed E-state index contributed by atoms with van der Waals surface area (Å²) in [6.07, 6.45) is 0.832. The molecule has 1 nitrogen and oxygen atoms in total. The summed E-state index contributed by atoms with van der Waals surface area (Å²) in [7, 11) is 0. The van der Waals surface area contributed by atoms with Crippen molar-refractivity contribution in [1.29, 1.82) is 0 Å². The van der Waals surface area contributed by atoms with Gasteiger partial charge in [-0.1, -0.05) is 47.1 Å². The van der Waals surface area contributed by atoms with E-state index in [1.807, 2.05) is 6.07 Å². The lowest BCUT2D eigenvalue weighted by Crippen LogP contribution is -2.24. The fourth-order valence-corrected chi connectivity index (χ4v) is 3.11. The second kappa shape index (κ2) is 7.19. The highest BCUT2D eigenvalue weighted by molar-refractivity contribution is 9.10. The van der Waals surface area contributed by atoms with Crippen LogP contribution in [0.15, 0.2) is 40.9 Å². The molecule has 1 unspecified atom stereocenters. The molecule has 0 aliphatic carbocycles. The van der Waals surface area contributed by atoms with Gasteiger partial charge in [-0.05, 0) is 61.2 Å². The van der Waals surface area contributed by atoms with Crippen molar-refractivity contribution in [3.8, 4) is 0 Å². The maximum atomic E-state index is 13.2. The normalized spacial score (nSPS) is 12.4. The topological polar surface area (TPSA) is 12.0 Å². The molecular weight excluding hydrogens is 329 g/mol. The van der Waals surface area contributed by atoms with Gasteiger partial charge in [0.2, 0.25) is 0 Å². The summed E-state index contributed by atoms with van der Waals surface area (Å²) in [5.41, 5.74) is 5.05. The van der Waals surface area contributed by atoms with Crippen LogP contribution in [0.4, 0.5) is 4.39 Å². The SMILES string of the molecule is CCNC(Cc1ccc(F)cc1Br)c1cccc(C)c1C. The van der Waals surface area contributed by atoms with Crippen molar-refractivity contribution in [2.24, 2.45) is 0 Å². The van der Waals surface area contributed by atoms with Crippen LogP contribution in [0.25, 0.3) is 0 Å². The first-order valence-electron chi connectivity index (χ1n) is 7.26. The van der Waals surface area contributed by atoms with Crippen molar-refractivity contribution in [2.75, 3.05) is 6.54 Å². The molecule has 0 saturated heterocycles. The minimum Gasteiger partial charge on any atom is -0.310 e. The molecule has 0 amide bonds. The molecule has 21 heavy (non-hydrogen) atoms. The monoisotopic (exact) mass is 349 g/mol. The van der Waals surface area contributed by atoms with Gasteiger partial charge in [-0.3, -0.25) is 0 Å². The Kier molecular flexibility index (Phi) is 5.54. The molecule has 2 rings (SSSR count). The van der Waals surface area contributed by atoms with E-state index < -0.39 is 0 Å². The fraction of sp³-hybridized carbons (Fsp3) is 0.333. The Morgan fingerprint density at radius 3 is 2.62 bits per heavy atom. The zero-order valence-corrected chi connectivity index (χ0v) is 14.3. The van der Waals surface area contributed by atoms with Crippen molar-refractivity contribution in [2.45, 2.75) is 33.2 Å². The van der Waals surface area contributed by atoms with Crippen molar-refractivity contribution < 1.29 is 4.39 Å². The van der Waals surface area contributed by atoms with Gasteiger partial charge in [-0.15, -0.1) is 0 Å². The smallest absolute Gasteiger partial charge is 0.124 e. The highest BCUT2D eigenvalue weighted by Crippen LogP contribution is 2.27. The van der Waals surface area contributed by atoms with Crippen LogP contribution in [-0.4, -0.2) is 6.54 Å². The van der Waals surface area contributed by atoms with Crippen LogP contribution < -0.4 is 5.32 Å². The molecule has 0 saturated carbocycles. The summed E-state index contributed by atoms with van der Waals surface area (Å²) in [6, 6.07) is 11.5. The molecule has 0 heterocycles. The van der Waals surface area contributed by atoms with Gasteiger partial charge < -0.3 is 5.32 Å². The van der Waals surface area contributed by atoms with Crippen LogP contribution in [0.5, 0.6) is 0 Å². The Morgan fingerprint density at radius 2 is 1.95 bits per heavy atom. The van der Waals surface area contributed by atoms with Gasteiger partial charge in [-0.2, -0.15) is 0 Å². The van der Waals surface area contributed by atoms with E-state index in [-0.39, 0.29) is 11.9 Å². The van der Waals surface area contributed by atoms with Crippen molar-refractivity contribution in [3.05, 3.63) is 68.9 Å². The first kappa shape index (κ1) is 16.2. The second-order valence-corrected chi connectivity index (χ2v) is 6.19. The highest BCUT2D eigenvalue weighted by atomic mass is 79.9. The molecule has 0 aromatic heterocycles. The lowest BCUT2D eigenvalue weighted by Gasteiger charge is -2.22. The molecule has 1 atom stereocenters. The molecular formula is C18H21BrFN. The lowest BCUT2D eigenvalue weighted by atomic mass is 9.93. The summed E-state index contributed by atoms with van der Waals surface area (Å²) in [4.78, 5) is 0. The van der Waals surface area contributed by atoms with Gasteiger partial charge in [0.15, 0.2) is 0 Å². The van der Waals surface area contributed by atoms with Crippen molar-refractivity contribution in [1.82, 2.24) is 5.32 Å². The predicted octanol–water partition coefficient (Wildman–Crippen LogP) is 5.10. The van der Waals surface area contributed by atoms with Gasteiger partial charge in [-0.25, -0.2) is 4.39 Å². The average molecular weight is 350 g/mol. The third kappa shape index (κ3) is 3.92. The number of likely N-dealkylation sites (N-methyl/N-ethyl adjacent to an activating group) is 1. The number of aryl methyl sites for hydroxylation is 1. The molecule has 2 aromatic carbocycles. The molecule has 112 valence electrons. The number of hydrogen-bond donors (Lipinski definition) is 1. The Hall–Kier alpha value is -1.19. The van der Waals surface area contributed by atoms with Crippen LogP contribution in [0.1, 0.15) is 35.2 Å². The third-order valence-electron chi connectivity index (χ3n) is 3.91. The van der Waals surface area contributed by atoms with E-state index in [1.54, 1.807) is 0 Å². The quantitative estimate of drug-likeness (QED) is 0.791. The summed E-state index contributed by atoms with van der Waals surface area (Å²) in [5, 5.41) is 3.54. The standard InChI is InChI=1S/C18H21BrFN/c1-4-21-18(16-7-5-6-12(2)13(16)3)10-14-8-9-15(20)11-17(14)19/h5-9,11,18,21H,4,10H2,1-3H3. The Bertz CT molecular complexity index is 625. The largest absolute Gasteiger partial charge is 0.310 e. The van der Waals surface area contributed by atoms with E-state index in [0.717, 1.165) is 23.0 Å². The first-order valence-corrected chi connectivity index (χ1v) is 8.05. The van der Waals surface area contributed by atoms with Gasteiger partial charge in [0, 0.05) is 10.5 Å². The molecule has 0 bridgehead atoms. The second-order valence-electron chi connectivity index (χ2n) is 5.34. The predicted molar refractivity (Wildman–Crippen MR) is 90.1 cm³/mol. The molecule has 3 heteroatoms. The summed E-state index contributed by atoms with van der Waals surface area (Å²) in [6.45, 7) is 7.30. The number of nitrogens with one attached hydrogen (secondary N) is 1. The Labute approximate surface area is 134 Å². The summed E-state index contributed by atoms with van der Waals surface area (Å²) < 4.78 is 14.1. The van der Waals surface area contributed by atoms with Crippen LogP contribution in [-0.2, 0) is 6.42 Å². The summed E-state index contributed by atoms with van der Waals surface area (Å²) >= 11 is 3.46. The first-order chi connectivity index (χ1) is 10.0. The molecule has 0 aliphatic heterocycles. The van der Waals surface area contributed by atoms with Crippen LogP contribution >= 0.6 is 15.9 Å². The number of benzene rings is 2. The van der Waals surface area contributed by atoms with Gasteiger partial charge in [0.05, 0.1) is 0 Å². The molecule has 0 radical (unpaired) electrons. The number of hydrogen-bond acceptors (Lipinski definition) is 1. The zero-order chi connectivity index (χ0) is 15.4. The molecule has 1 N–H and O–H groups in total. The van der Waals surface area contributed by atoms with E-state index in [4.69, 9.17) is 0 Å². The summed E-state index contributed by atoms with van der Waals surface area (Å²) in [5.74, 6) is -0.211. The molecule has 0 spiro atoms. The maximum Gasteiger partial charge on any atom is 0.124 e. The average Bonchev–Trinajstić information content (AvgIpc) is 2.44. The van der Waals surface area contributed by atoms with Crippen molar-refractivity contribution in [3.63, 3.8) is 0 Å². The molecule has 0 aliphatic rings. The van der Waals surface area contributed by atoms with E-state index in [0.29, 0.717) is 0 Å². The number of rotatable bonds is 5. The third-order valence-corrected chi connectivity index (χ3v) is 4.65. The minimum atomic E-state index is -0.211. The Morgan fingerprint density at radius 1 is 1.19 bits per heavy atom. The van der Waals surface area contributed by atoms with Gasteiger partial charge >= 0.3 is 0 Å². The van der Waals surface area contributed by atoms with Crippen LogP contribution in [0, 0.1) is 19.7 Å². The van der Waals surface area contributed by atoms with E-state index >= 15 is 0 Å². The Balaban J connectivity index is 2.33. The number of halogens is 2. The maximum absolute atomic E-state index is 13.2. The van der Waals surface area contributed by atoms with Crippen LogP contribution in [0.2, 0.25) is 0 Å². The highest BCUT2D eigenvalue weighted by Gasteiger charge is 2.16. The zero-order valence-electron chi connectivity index (χ0n) is 12.7. The van der Waals surface area contributed by atoms with Gasteiger partial charge in [0.25, 0.3) is 0 Å². The molecule has 0 fully saturated rings. The van der Waals surface area contributed by atoms with Gasteiger partial charge in [0.1, 0.15) is 5.82 Å². The fourth-order valence-electron chi connectivity index (χ4n) is 2.60. The lowest BCUT2D eigenvalue weighted by molar-refractivity contribution is 0.545. The van der Waals surface area contributed by atoms with E-state index in [1.165, 1.54) is 28.8 Å². The van der Waals surface area contributed by atoms with E-state index in [9.17, 15) is 4.39 Å². The minimum absolute atomic E-state index is 0.211. The molecule has 2 aromatic rings. The van der Waals surface area contributed by atoms with E-state index in [2.05, 4.69) is 60.2 Å². The van der Waals surface area contributed by atoms with Crippen LogP contribution in [0.3, 0.4) is 0 Å². The van der Waals surface area contributed by atoms with Crippen molar-refractivity contribution >= 4 is 15.9 Å².